The lowest BCUT2D eigenvalue weighted by atomic mass is 10.1. The number of benzene rings is 3. The first kappa shape index (κ1) is 23.0. The molecule has 0 radical (unpaired) electrons. The number of hydrogen-bond donors (Lipinski definition) is 2. The highest BCUT2D eigenvalue weighted by atomic mass is 79.9. The molecule has 0 heterocycles. The minimum Gasteiger partial charge on any atom is -0.493 e. The van der Waals surface area contributed by atoms with Crippen molar-refractivity contribution in [3.8, 4) is 11.5 Å². The van der Waals surface area contributed by atoms with Crippen molar-refractivity contribution in [2.75, 3.05) is 12.4 Å². The van der Waals surface area contributed by atoms with Crippen molar-refractivity contribution in [1.82, 2.24) is 0 Å². The molecule has 0 aromatic heterocycles. The molecule has 0 aliphatic heterocycles. The van der Waals surface area contributed by atoms with Gasteiger partial charge in [-0.2, -0.15) is 0 Å². The molecule has 3 rings (SSSR count). The highest BCUT2D eigenvalue weighted by Gasteiger charge is 2.13. The number of amides is 2. The van der Waals surface area contributed by atoms with E-state index in [0.717, 1.165) is 0 Å². The average Bonchev–Trinajstić information content (AvgIpc) is 2.77. The predicted octanol–water partition coefficient (Wildman–Crippen LogP) is 4.93. The molecule has 0 unspecified atom stereocenters. The van der Waals surface area contributed by atoms with Crippen molar-refractivity contribution < 1.29 is 23.5 Å². The Kier molecular flexibility index (Phi) is 7.62. The second kappa shape index (κ2) is 10.6. The van der Waals surface area contributed by atoms with E-state index in [9.17, 15) is 14.0 Å². The number of carbonyl (C=O) groups excluding carboxylic acids is 2. The highest BCUT2D eigenvalue weighted by molar-refractivity contribution is 9.10. The lowest BCUT2D eigenvalue weighted by Crippen LogP contribution is -2.16. The molecule has 164 valence electrons. The number of anilines is 1. The monoisotopic (exact) mass is 498 g/mol. The molecule has 3 aromatic carbocycles. The lowest BCUT2D eigenvalue weighted by Gasteiger charge is -2.14. The summed E-state index contributed by atoms with van der Waals surface area (Å²) in [6, 6.07) is 16.2. The Hall–Kier alpha value is -3.65. The number of methoxy groups -OCH3 is 1. The summed E-state index contributed by atoms with van der Waals surface area (Å²) in [5.74, 6) is -0.605. The van der Waals surface area contributed by atoms with Crippen LogP contribution in [0.1, 0.15) is 21.5 Å². The predicted molar refractivity (Wildman–Crippen MR) is 124 cm³/mol. The Bertz CT molecular complexity index is 1180. The van der Waals surface area contributed by atoms with E-state index >= 15 is 0 Å². The van der Waals surface area contributed by atoms with E-state index in [1.54, 1.807) is 54.6 Å². The molecule has 0 saturated heterocycles. The third-order valence-electron chi connectivity index (χ3n) is 4.46. The molecule has 8 heteroatoms. The quantitative estimate of drug-likeness (QED) is 0.431. The summed E-state index contributed by atoms with van der Waals surface area (Å²) in [5, 5.41) is 2.63. The topological polar surface area (TPSA) is 90.6 Å². The van der Waals surface area contributed by atoms with E-state index in [0.29, 0.717) is 32.8 Å². The van der Waals surface area contributed by atoms with Gasteiger partial charge in [-0.05, 0) is 57.9 Å². The third kappa shape index (κ3) is 5.73. The average molecular weight is 499 g/mol. The van der Waals surface area contributed by atoms with Gasteiger partial charge in [-0.1, -0.05) is 30.3 Å². The molecule has 32 heavy (non-hydrogen) atoms. The van der Waals surface area contributed by atoms with E-state index in [2.05, 4.69) is 21.2 Å². The number of ether oxygens (including phenoxy) is 2. The zero-order valence-corrected chi connectivity index (χ0v) is 18.7. The second-order valence-electron chi connectivity index (χ2n) is 6.65. The van der Waals surface area contributed by atoms with E-state index < -0.39 is 11.8 Å². The number of hydrogen-bond acceptors (Lipinski definition) is 4. The van der Waals surface area contributed by atoms with Gasteiger partial charge in [0.05, 0.1) is 22.8 Å². The van der Waals surface area contributed by atoms with Crippen LogP contribution in [0.4, 0.5) is 10.1 Å². The van der Waals surface area contributed by atoms with E-state index in [4.69, 9.17) is 15.2 Å². The lowest BCUT2D eigenvalue weighted by molar-refractivity contribution is -0.111. The van der Waals surface area contributed by atoms with Crippen LogP contribution < -0.4 is 20.5 Å². The standard InChI is InChI=1S/C24H20BrFN2O4/c1-31-21-13-15(10-11-22(29)28-20-9-5-3-7-17(20)24(27)30)12-18(25)23(21)32-14-16-6-2-4-8-19(16)26/h2-13H,14H2,1H3,(H2,27,30)(H,28,29)/b11-10+. The normalized spacial score (nSPS) is 10.7. The van der Waals surface area contributed by atoms with Crippen LogP contribution >= 0.6 is 15.9 Å². The van der Waals surface area contributed by atoms with Crippen LogP contribution in [0.2, 0.25) is 0 Å². The van der Waals surface area contributed by atoms with Crippen molar-refractivity contribution in [3.63, 3.8) is 0 Å². The van der Waals surface area contributed by atoms with Crippen LogP contribution in [0.25, 0.3) is 6.08 Å². The molecule has 0 saturated carbocycles. The first-order chi connectivity index (χ1) is 15.4. The molecule has 3 N–H and O–H groups in total. The van der Waals surface area contributed by atoms with Gasteiger partial charge in [0.1, 0.15) is 12.4 Å². The number of primary amides is 1. The molecular formula is C24H20BrFN2O4. The van der Waals surface area contributed by atoms with Gasteiger partial charge in [0.15, 0.2) is 11.5 Å². The highest BCUT2D eigenvalue weighted by Crippen LogP contribution is 2.37. The molecule has 0 aliphatic rings. The van der Waals surface area contributed by atoms with Gasteiger partial charge in [0.25, 0.3) is 5.91 Å². The van der Waals surface area contributed by atoms with E-state index in [-0.39, 0.29) is 18.0 Å². The van der Waals surface area contributed by atoms with Crippen LogP contribution in [0.3, 0.4) is 0 Å². The van der Waals surface area contributed by atoms with Crippen LogP contribution in [0.15, 0.2) is 71.2 Å². The van der Waals surface area contributed by atoms with Gasteiger partial charge >= 0.3 is 0 Å². The van der Waals surface area contributed by atoms with Gasteiger partial charge in [0.2, 0.25) is 5.91 Å². The number of rotatable bonds is 8. The second-order valence-corrected chi connectivity index (χ2v) is 7.50. The first-order valence-electron chi connectivity index (χ1n) is 9.50. The number of halogens is 2. The summed E-state index contributed by atoms with van der Waals surface area (Å²) < 4.78 is 25.6. The van der Waals surface area contributed by atoms with Crippen LogP contribution in [-0.4, -0.2) is 18.9 Å². The van der Waals surface area contributed by atoms with Gasteiger partial charge in [-0.3, -0.25) is 9.59 Å². The van der Waals surface area contributed by atoms with Crippen molar-refractivity contribution >= 4 is 39.5 Å². The Morgan fingerprint density at radius 1 is 1.12 bits per heavy atom. The molecule has 0 spiro atoms. The summed E-state index contributed by atoms with van der Waals surface area (Å²) in [7, 11) is 1.48. The first-order valence-corrected chi connectivity index (χ1v) is 10.3. The number of para-hydroxylation sites is 1. The molecule has 3 aromatic rings. The molecule has 2 amide bonds. The summed E-state index contributed by atoms with van der Waals surface area (Å²) >= 11 is 3.43. The van der Waals surface area contributed by atoms with Gasteiger partial charge in [-0.15, -0.1) is 0 Å². The third-order valence-corrected chi connectivity index (χ3v) is 5.05. The summed E-state index contributed by atoms with van der Waals surface area (Å²) in [6.45, 7) is 0.0263. The number of carbonyl (C=O) groups is 2. The Morgan fingerprint density at radius 3 is 2.56 bits per heavy atom. The zero-order valence-electron chi connectivity index (χ0n) is 17.1. The maximum atomic E-state index is 13.8. The smallest absolute Gasteiger partial charge is 0.250 e. The fourth-order valence-electron chi connectivity index (χ4n) is 2.89. The van der Waals surface area contributed by atoms with Crippen LogP contribution in [0.5, 0.6) is 11.5 Å². The Balaban J connectivity index is 1.74. The fourth-order valence-corrected chi connectivity index (χ4v) is 3.47. The van der Waals surface area contributed by atoms with Crippen LogP contribution in [0, 0.1) is 5.82 Å². The fraction of sp³-hybridized carbons (Fsp3) is 0.0833. The summed E-state index contributed by atoms with van der Waals surface area (Å²) in [4.78, 5) is 23.8. The van der Waals surface area contributed by atoms with Gasteiger partial charge in [-0.25, -0.2) is 4.39 Å². The largest absolute Gasteiger partial charge is 0.493 e. The Morgan fingerprint density at radius 2 is 1.84 bits per heavy atom. The summed E-state index contributed by atoms with van der Waals surface area (Å²) in [6.07, 6.45) is 2.90. The Labute approximate surface area is 193 Å². The minimum atomic E-state index is -0.635. The summed E-state index contributed by atoms with van der Waals surface area (Å²) in [5.41, 5.74) is 6.94. The maximum absolute atomic E-state index is 13.8. The van der Waals surface area contributed by atoms with E-state index in [1.165, 1.54) is 25.3 Å². The maximum Gasteiger partial charge on any atom is 0.250 e. The number of nitrogens with two attached hydrogens (primary N) is 1. The van der Waals surface area contributed by atoms with Crippen LogP contribution in [-0.2, 0) is 11.4 Å². The molecular weight excluding hydrogens is 479 g/mol. The van der Waals surface area contributed by atoms with Crippen molar-refractivity contribution in [3.05, 3.63) is 93.7 Å². The van der Waals surface area contributed by atoms with Crippen molar-refractivity contribution in [2.24, 2.45) is 5.73 Å². The van der Waals surface area contributed by atoms with Gasteiger partial charge < -0.3 is 20.5 Å². The van der Waals surface area contributed by atoms with Crippen molar-refractivity contribution in [2.45, 2.75) is 6.61 Å². The van der Waals surface area contributed by atoms with E-state index in [1.807, 2.05) is 0 Å². The van der Waals surface area contributed by atoms with Crippen molar-refractivity contribution in [1.29, 1.82) is 0 Å². The molecule has 0 bridgehead atoms. The minimum absolute atomic E-state index is 0.0263. The zero-order chi connectivity index (χ0) is 23.1. The number of nitrogens with one attached hydrogen (secondary N) is 1. The molecule has 0 atom stereocenters. The molecule has 0 fully saturated rings. The molecule has 6 nitrogen and oxygen atoms in total. The SMILES string of the molecule is COc1cc(/C=C/C(=O)Nc2ccccc2C(N)=O)cc(Br)c1OCc1ccccc1F. The molecule has 0 aliphatic carbocycles. The van der Waals surface area contributed by atoms with Gasteiger partial charge in [0, 0.05) is 11.6 Å².